The molecule has 0 aliphatic heterocycles. The maximum Gasteiger partial charge on any atom is 0.322 e. The van der Waals surface area contributed by atoms with E-state index in [1.54, 1.807) is 36.4 Å². The summed E-state index contributed by atoms with van der Waals surface area (Å²) in [6.45, 7) is 1.52. The molecule has 178 valence electrons. The van der Waals surface area contributed by atoms with Crippen molar-refractivity contribution >= 4 is 33.5 Å². The van der Waals surface area contributed by atoms with Gasteiger partial charge in [-0.2, -0.15) is 4.31 Å². The molecule has 1 amide bonds. The standard InChI is InChI=1S/C25H25ClN2O5S/c1-2-23(19-6-4-3-5-7-19)28(34(32,33)22-14-12-21(26)13-15-22)17-18-8-10-20(11-9-18)25(31)27-16-24(29)30/h3-15,23H,2,16-17H2,1H3,(H,27,31)(H,29,30)/t23-/m0/s1. The summed E-state index contributed by atoms with van der Waals surface area (Å²) in [7, 11) is -3.89. The van der Waals surface area contributed by atoms with Gasteiger partial charge in [-0.15, -0.1) is 0 Å². The van der Waals surface area contributed by atoms with Gasteiger partial charge in [0, 0.05) is 17.1 Å². The van der Waals surface area contributed by atoms with Crippen molar-refractivity contribution in [2.24, 2.45) is 0 Å². The zero-order chi connectivity index (χ0) is 24.7. The largest absolute Gasteiger partial charge is 0.480 e. The van der Waals surface area contributed by atoms with Gasteiger partial charge in [-0.3, -0.25) is 9.59 Å². The van der Waals surface area contributed by atoms with Crippen molar-refractivity contribution in [3.8, 4) is 0 Å². The number of carboxylic acids is 1. The average Bonchev–Trinajstić information content (AvgIpc) is 2.83. The molecule has 0 saturated carbocycles. The van der Waals surface area contributed by atoms with Crippen LogP contribution in [0.1, 0.15) is 40.9 Å². The van der Waals surface area contributed by atoms with E-state index in [1.807, 2.05) is 37.3 Å². The SMILES string of the molecule is CC[C@@H](c1ccccc1)N(Cc1ccc(C(=O)NCC(=O)O)cc1)S(=O)(=O)c1ccc(Cl)cc1. The molecule has 3 rings (SSSR count). The first kappa shape index (κ1) is 25.4. The molecular formula is C25H25ClN2O5S. The number of nitrogens with one attached hydrogen (secondary N) is 1. The highest BCUT2D eigenvalue weighted by atomic mass is 35.5. The van der Waals surface area contributed by atoms with Crippen LogP contribution in [0.15, 0.2) is 83.8 Å². The van der Waals surface area contributed by atoms with E-state index in [9.17, 15) is 18.0 Å². The smallest absolute Gasteiger partial charge is 0.322 e. The van der Waals surface area contributed by atoms with E-state index in [-0.39, 0.29) is 17.0 Å². The third-order valence-electron chi connectivity index (χ3n) is 5.29. The lowest BCUT2D eigenvalue weighted by Gasteiger charge is -2.31. The van der Waals surface area contributed by atoms with E-state index in [1.165, 1.54) is 16.4 Å². The number of hydrogen-bond donors (Lipinski definition) is 2. The molecule has 0 spiro atoms. The van der Waals surface area contributed by atoms with Crippen LogP contribution in [0.5, 0.6) is 0 Å². The Morgan fingerprint density at radius 2 is 1.59 bits per heavy atom. The van der Waals surface area contributed by atoms with E-state index < -0.39 is 34.5 Å². The number of carbonyl (C=O) groups is 2. The molecule has 0 aromatic heterocycles. The van der Waals surface area contributed by atoms with Gasteiger partial charge in [0.1, 0.15) is 6.54 Å². The van der Waals surface area contributed by atoms with Crippen molar-refractivity contribution in [2.75, 3.05) is 6.54 Å². The minimum Gasteiger partial charge on any atom is -0.480 e. The highest BCUT2D eigenvalue weighted by Gasteiger charge is 2.31. The lowest BCUT2D eigenvalue weighted by atomic mass is 10.0. The highest BCUT2D eigenvalue weighted by Crippen LogP contribution is 2.32. The van der Waals surface area contributed by atoms with Gasteiger partial charge < -0.3 is 10.4 Å². The molecule has 0 unspecified atom stereocenters. The second kappa shape index (κ2) is 11.3. The summed E-state index contributed by atoms with van der Waals surface area (Å²) < 4.78 is 28.9. The number of sulfonamides is 1. The molecular weight excluding hydrogens is 476 g/mol. The zero-order valence-corrected chi connectivity index (χ0v) is 20.1. The molecule has 0 saturated heterocycles. The van der Waals surface area contributed by atoms with Gasteiger partial charge in [-0.25, -0.2) is 8.42 Å². The zero-order valence-electron chi connectivity index (χ0n) is 18.5. The summed E-state index contributed by atoms with van der Waals surface area (Å²) in [4.78, 5) is 22.9. The van der Waals surface area contributed by atoms with Gasteiger partial charge in [0.25, 0.3) is 5.91 Å². The highest BCUT2D eigenvalue weighted by molar-refractivity contribution is 7.89. The van der Waals surface area contributed by atoms with Crippen molar-refractivity contribution in [3.05, 3.63) is 101 Å². The number of halogens is 1. The topological polar surface area (TPSA) is 104 Å². The summed E-state index contributed by atoms with van der Waals surface area (Å²) in [5.74, 6) is -1.66. The molecule has 0 heterocycles. The van der Waals surface area contributed by atoms with Crippen LogP contribution in [0.3, 0.4) is 0 Å². The Bertz CT molecular complexity index is 1230. The van der Waals surface area contributed by atoms with Gasteiger partial charge in [0.05, 0.1) is 10.9 Å². The van der Waals surface area contributed by atoms with Crippen molar-refractivity contribution in [3.63, 3.8) is 0 Å². The molecule has 7 nitrogen and oxygen atoms in total. The number of benzene rings is 3. The van der Waals surface area contributed by atoms with Crippen LogP contribution in [0.25, 0.3) is 0 Å². The molecule has 2 N–H and O–H groups in total. The molecule has 34 heavy (non-hydrogen) atoms. The predicted octanol–water partition coefficient (Wildman–Crippen LogP) is 4.50. The molecule has 3 aromatic carbocycles. The Kier molecular flexibility index (Phi) is 8.44. The maximum atomic E-state index is 13.7. The molecule has 9 heteroatoms. The second-order valence-corrected chi connectivity index (χ2v) is 9.94. The fourth-order valence-corrected chi connectivity index (χ4v) is 5.39. The van der Waals surface area contributed by atoms with Crippen LogP contribution in [-0.2, 0) is 21.4 Å². The minimum atomic E-state index is -3.89. The summed E-state index contributed by atoms with van der Waals surface area (Å²) >= 11 is 5.96. The van der Waals surface area contributed by atoms with Crippen LogP contribution >= 0.6 is 11.6 Å². The normalized spacial score (nSPS) is 12.3. The van der Waals surface area contributed by atoms with Crippen molar-refractivity contribution in [1.82, 2.24) is 9.62 Å². The number of amides is 1. The van der Waals surface area contributed by atoms with E-state index in [0.29, 0.717) is 17.0 Å². The average molecular weight is 501 g/mol. The van der Waals surface area contributed by atoms with Gasteiger partial charge >= 0.3 is 5.97 Å². The van der Waals surface area contributed by atoms with Crippen molar-refractivity contribution in [1.29, 1.82) is 0 Å². The number of hydrogen-bond acceptors (Lipinski definition) is 4. The minimum absolute atomic E-state index is 0.0788. The lowest BCUT2D eigenvalue weighted by Crippen LogP contribution is -2.34. The van der Waals surface area contributed by atoms with Crippen LogP contribution < -0.4 is 5.32 Å². The number of rotatable bonds is 10. The second-order valence-electron chi connectivity index (χ2n) is 7.61. The van der Waals surface area contributed by atoms with Gasteiger partial charge in [-0.1, -0.05) is 61.0 Å². The summed E-state index contributed by atoms with van der Waals surface area (Å²) in [5, 5.41) is 11.5. The lowest BCUT2D eigenvalue weighted by molar-refractivity contribution is -0.135. The fraction of sp³-hybridized carbons (Fsp3) is 0.200. The first-order valence-electron chi connectivity index (χ1n) is 10.6. The van der Waals surface area contributed by atoms with E-state index in [4.69, 9.17) is 16.7 Å². The molecule has 0 bridgehead atoms. The first-order chi connectivity index (χ1) is 16.2. The Hall–Kier alpha value is -3.20. The van der Waals surface area contributed by atoms with Crippen molar-refractivity contribution < 1.29 is 23.1 Å². The van der Waals surface area contributed by atoms with Crippen LogP contribution in [0, 0.1) is 0 Å². The molecule has 0 aliphatic rings. The van der Waals surface area contributed by atoms with E-state index in [0.717, 1.165) is 5.56 Å². The van der Waals surface area contributed by atoms with E-state index >= 15 is 0 Å². The number of nitrogens with zero attached hydrogens (tertiary/aromatic N) is 1. The fourth-order valence-electron chi connectivity index (χ4n) is 3.58. The molecule has 0 aliphatic carbocycles. The van der Waals surface area contributed by atoms with Crippen LogP contribution in [0.2, 0.25) is 5.02 Å². The summed E-state index contributed by atoms with van der Waals surface area (Å²) in [5.41, 5.74) is 1.83. The summed E-state index contributed by atoms with van der Waals surface area (Å²) in [6.07, 6.45) is 0.548. The Morgan fingerprint density at radius 1 is 0.971 bits per heavy atom. The van der Waals surface area contributed by atoms with Gasteiger partial charge in [0.15, 0.2) is 0 Å². The Labute approximate surface area is 204 Å². The molecule has 0 fully saturated rings. The van der Waals surface area contributed by atoms with Gasteiger partial charge in [0.2, 0.25) is 10.0 Å². The van der Waals surface area contributed by atoms with Crippen molar-refractivity contribution in [2.45, 2.75) is 30.8 Å². The monoisotopic (exact) mass is 500 g/mol. The molecule has 1 atom stereocenters. The van der Waals surface area contributed by atoms with Crippen LogP contribution in [0.4, 0.5) is 0 Å². The summed E-state index contributed by atoms with van der Waals surface area (Å²) in [6, 6.07) is 21.5. The first-order valence-corrected chi connectivity index (χ1v) is 12.5. The third kappa shape index (κ3) is 6.22. The Balaban J connectivity index is 1.95. The molecule has 3 aromatic rings. The van der Waals surface area contributed by atoms with Gasteiger partial charge in [-0.05, 0) is 53.9 Å². The van der Waals surface area contributed by atoms with Crippen LogP contribution in [-0.4, -0.2) is 36.3 Å². The number of carbonyl (C=O) groups excluding carboxylic acids is 1. The number of aliphatic carboxylic acids is 1. The van der Waals surface area contributed by atoms with E-state index in [2.05, 4.69) is 5.32 Å². The quantitative estimate of drug-likeness (QED) is 0.426. The maximum absolute atomic E-state index is 13.7. The Morgan fingerprint density at radius 3 is 2.15 bits per heavy atom. The predicted molar refractivity (Wildman–Crippen MR) is 130 cm³/mol. The third-order valence-corrected chi connectivity index (χ3v) is 7.41. The molecule has 0 radical (unpaired) electrons. The number of carboxylic acid groups (broad SMARTS) is 1.